The third kappa shape index (κ3) is 4.45. The van der Waals surface area contributed by atoms with Crippen molar-refractivity contribution in [2.24, 2.45) is 5.16 Å². The highest BCUT2D eigenvalue weighted by molar-refractivity contribution is 8.05. The van der Waals surface area contributed by atoms with Gasteiger partial charge >= 0.3 is 6.61 Å². The van der Waals surface area contributed by atoms with Crippen LogP contribution in [0.2, 0.25) is 10.0 Å². The number of ether oxygens (including phenoxy) is 1. The van der Waals surface area contributed by atoms with Crippen LogP contribution >= 0.6 is 23.2 Å². The van der Waals surface area contributed by atoms with Crippen LogP contribution in [0.1, 0.15) is 25.8 Å². The number of rotatable bonds is 4. The molecule has 0 N–H and O–H groups in total. The van der Waals surface area contributed by atoms with Gasteiger partial charge in [0.1, 0.15) is 11.4 Å². The predicted octanol–water partition coefficient (Wildman–Crippen LogP) is 4.02. The van der Waals surface area contributed by atoms with E-state index in [2.05, 4.69) is 9.89 Å². The highest BCUT2D eigenvalue weighted by Gasteiger charge is 2.36. The third-order valence-corrected chi connectivity index (χ3v) is 5.27. The minimum absolute atomic E-state index is 0.0487. The maximum absolute atomic E-state index is 12.4. The monoisotopic (exact) mass is 387 g/mol. The summed E-state index contributed by atoms with van der Waals surface area (Å²) in [7, 11) is -3.77. The predicted molar refractivity (Wildman–Crippen MR) is 82.9 cm³/mol. The standard InChI is InChI=1S/C13H13Cl2F2NO4S/c1-13(2)5-11(18-22-13)23(19,20)6-7-3-9(15)10(4-8(7)14)21-12(16)17/h3-4,12H,5-6H2,1-2H3. The molecule has 0 fully saturated rings. The molecule has 0 aromatic heterocycles. The Kier molecular flexibility index (Phi) is 5.08. The van der Waals surface area contributed by atoms with E-state index in [0.717, 1.165) is 6.07 Å². The molecule has 1 aliphatic rings. The Morgan fingerprint density at radius 2 is 2.00 bits per heavy atom. The maximum atomic E-state index is 12.4. The lowest BCUT2D eigenvalue weighted by Gasteiger charge is -2.13. The number of hydrogen-bond acceptors (Lipinski definition) is 5. The van der Waals surface area contributed by atoms with E-state index in [-0.39, 0.29) is 32.8 Å². The molecule has 128 valence electrons. The van der Waals surface area contributed by atoms with E-state index in [1.165, 1.54) is 6.07 Å². The molecule has 0 saturated carbocycles. The second kappa shape index (κ2) is 6.41. The Bertz CT molecular complexity index is 751. The first kappa shape index (κ1) is 18.2. The van der Waals surface area contributed by atoms with Crippen molar-refractivity contribution in [3.8, 4) is 5.75 Å². The van der Waals surface area contributed by atoms with Crippen LogP contribution in [0.3, 0.4) is 0 Å². The Morgan fingerprint density at radius 3 is 2.52 bits per heavy atom. The molecule has 23 heavy (non-hydrogen) atoms. The normalized spacial score (nSPS) is 17.1. The van der Waals surface area contributed by atoms with Crippen LogP contribution in [0, 0.1) is 0 Å². The molecule has 0 atom stereocenters. The van der Waals surface area contributed by atoms with Crippen LogP contribution in [-0.4, -0.2) is 25.7 Å². The Hall–Kier alpha value is -1.12. The van der Waals surface area contributed by atoms with Crippen molar-refractivity contribution in [1.29, 1.82) is 0 Å². The summed E-state index contributed by atoms with van der Waals surface area (Å²) in [6.45, 7) is 0.351. The number of halogens is 4. The maximum Gasteiger partial charge on any atom is 0.387 e. The lowest BCUT2D eigenvalue weighted by atomic mass is 10.1. The molecule has 0 spiro atoms. The van der Waals surface area contributed by atoms with Crippen LogP contribution in [0.4, 0.5) is 8.78 Å². The molecule has 10 heteroatoms. The van der Waals surface area contributed by atoms with Crippen LogP contribution < -0.4 is 4.74 Å². The quantitative estimate of drug-likeness (QED) is 0.782. The van der Waals surface area contributed by atoms with Gasteiger partial charge in [-0.1, -0.05) is 28.4 Å². The molecule has 0 radical (unpaired) electrons. The minimum Gasteiger partial charge on any atom is -0.433 e. The van der Waals surface area contributed by atoms with E-state index in [1.807, 2.05) is 0 Å². The first-order chi connectivity index (χ1) is 10.5. The molecule has 0 saturated heterocycles. The fourth-order valence-corrected chi connectivity index (χ4v) is 3.99. The fraction of sp³-hybridized carbons (Fsp3) is 0.462. The highest BCUT2D eigenvalue weighted by Crippen LogP contribution is 2.34. The zero-order valence-corrected chi connectivity index (χ0v) is 14.5. The van der Waals surface area contributed by atoms with Crippen molar-refractivity contribution >= 4 is 38.1 Å². The summed E-state index contributed by atoms with van der Waals surface area (Å²) in [5, 5.41) is 3.29. The van der Waals surface area contributed by atoms with Gasteiger partial charge in [0.2, 0.25) is 0 Å². The van der Waals surface area contributed by atoms with Gasteiger partial charge in [0.25, 0.3) is 0 Å². The average Bonchev–Trinajstić information content (AvgIpc) is 2.76. The van der Waals surface area contributed by atoms with Gasteiger partial charge in [0.15, 0.2) is 14.9 Å². The Balaban J connectivity index is 2.25. The summed E-state index contributed by atoms with van der Waals surface area (Å²) in [6, 6.07) is 2.23. The van der Waals surface area contributed by atoms with Gasteiger partial charge in [0, 0.05) is 17.5 Å². The van der Waals surface area contributed by atoms with Gasteiger partial charge in [-0.05, 0) is 25.5 Å². The number of benzene rings is 1. The molecule has 1 aromatic carbocycles. The van der Waals surface area contributed by atoms with Gasteiger partial charge in [-0.2, -0.15) is 8.78 Å². The number of nitrogens with zero attached hydrogens (tertiary/aromatic N) is 1. The van der Waals surface area contributed by atoms with Crippen molar-refractivity contribution in [2.45, 2.75) is 38.2 Å². The number of sulfone groups is 1. The molecule has 1 aliphatic heterocycles. The number of alkyl halides is 2. The Morgan fingerprint density at radius 1 is 1.35 bits per heavy atom. The zero-order valence-electron chi connectivity index (χ0n) is 12.1. The molecule has 5 nitrogen and oxygen atoms in total. The van der Waals surface area contributed by atoms with Gasteiger partial charge < -0.3 is 9.57 Å². The van der Waals surface area contributed by atoms with Crippen LogP contribution in [0.25, 0.3) is 0 Å². The van der Waals surface area contributed by atoms with E-state index < -0.39 is 27.8 Å². The Labute approximate surface area is 142 Å². The third-order valence-electron chi connectivity index (χ3n) is 2.99. The summed E-state index contributed by atoms with van der Waals surface area (Å²) in [5.74, 6) is -0.797. The summed E-state index contributed by atoms with van der Waals surface area (Å²) in [6.07, 6.45) is 0.132. The molecular weight excluding hydrogens is 375 g/mol. The highest BCUT2D eigenvalue weighted by atomic mass is 35.5. The summed E-state index contributed by atoms with van der Waals surface area (Å²) < 4.78 is 53.4. The molecule has 0 bridgehead atoms. The minimum atomic E-state index is -3.77. The van der Waals surface area contributed by atoms with Gasteiger partial charge in [-0.3, -0.25) is 0 Å². The van der Waals surface area contributed by atoms with Crippen molar-refractivity contribution in [2.75, 3.05) is 0 Å². The number of oxime groups is 1. The van der Waals surface area contributed by atoms with E-state index in [4.69, 9.17) is 28.0 Å². The van der Waals surface area contributed by atoms with Crippen molar-refractivity contribution < 1.29 is 26.8 Å². The van der Waals surface area contributed by atoms with Crippen LogP contribution in [-0.2, 0) is 20.4 Å². The molecule has 1 heterocycles. The lowest BCUT2D eigenvalue weighted by molar-refractivity contribution is -0.0497. The first-order valence-corrected chi connectivity index (χ1v) is 8.81. The van der Waals surface area contributed by atoms with Crippen molar-refractivity contribution in [3.05, 3.63) is 27.7 Å². The van der Waals surface area contributed by atoms with Gasteiger partial charge in [0.05, 0.1) is 10.8 Å². The first-order valence-electron chi connectivity index (χ1n) is 6.41. The lowest BCUT2D eigenvalue weighted by Crippen LogP contribution is -2.23. The summed E-state index contributed by atoms with van der Waals surface area (Å²) in [5.41, 5.74) is -0.538. The average molecular weight is 388 g/mol. The summed E-state index contributed by atoms with van der Waals surface area (Å²) >= 11 is 11.7. The largest absolute Gasteiger partial charge is 0.433 e. The summed E-state index contributed by atoms with van der Waals surface area (Å²) in [4.78, 5) is 5.04. The SMILES string of the molecule is CC1(C)CC(S(=O)(=O)Cc2cc(Cl)c(OC(F)F)cc2Cl)=NO1. The van der Waals surface area contributed by atoms with Gasteiger partial charge in [-0.25, -0.2) is 8.42 Å². The van der Waals surface area contributed by atoms with Crippen LogP contribution in [0.5, 0.6) is 5.75 Å². The zero-order chi connectivity index (χ0) is 17.4. The van der Waals surface area contributed by atoms with E-state index in [1.54, 1.807) is 13.8 Å². The van der Waals surface area contributed by atoms with E-state index >= 15 is 0 Å². The molecule has 0 aliphatic carbocycles. The van der Waals surface area contributed by atoms with E-state index in [0.29, 0.717) is 0 Å². The van der Waals surface area contributed by atoms with Crippen LogP contribution in [0.15, 0.2) is 17.3 Å². The van der Waals surface area contributed by atoms with Crippen molar-refractivity contribution in [1.82, 2.24) is 0 Å². The topological polar surface area (TPSA) is 65.0 Å². The van der Waals surface area contributed by atoms with Crippen molar-refractivity contribution in [3.63, 3.8) is 0 Å². The molecule has 0 amide bonds. The molecule has 1 aromatic rings. The molecular formula is C13H13Cl2F2NO4S. The molecule has 0 unspecified atom stereocenters. The second-order valence-corrected chi connectivity index (χ2v) is 8.33. The molecule has 2 rings (SSSR count). The number of hydrogen-bond donors (Lipinski definition) is 0. The fourth-order valence-electron chi connectivity index (χ4n) is 1.92. The second-order valence-electron chi connectivity index (χ2n) is 5.52. The van der Waals surface area contributed by atoms with Gasteiger partial charge in [-0.15, -0.1) is 0 Å². The van der Waals surface area contributed by atoms with E-state index in [9.17, 15) is 17.2 Å². The smallest absolute Gasteiger partial charge is 0.387 e.